The summed E-state index contributed by atoms with van der Waals surface area (Å²) in [7, 11) is 0. The van der Waals surface area contributed by atoms with E-state index < -0.39 is 17.1 Å². The number of unbranched alkanes of at least 4 members (excludes halogenated alkanes) is 1. The molecule has 2 unspecified atom stereocenters. The molecule has 0 bridgehead atoms. The van der Waals surface area contributed by atoms with Gasteiger partial charge in [-0.3, -0.25) is 0 Å². The van der Waals surface area contributed by atoms with Crippen LogP contribution in [0.25, 0.3) is 0 Å². The molecule has 7 heteroatoms. The zero-order chi connectivity index (χ0) is 17.6. The van der Waals surface area contributed by atoms with Gasteiger partial charge in [0.2, 0.25) is 0 Å². The molecule has 1 aromatic rings. The topological polar surface area (TPSA) is 92.0 Å². The summed E-state index contributed by atoms with van der Waals surface area (Å²) in [4.78, 5) is 37.7. The van der Waals surface area contributed by atoms with Crippen molar-refractivity contribution in [2.24, 2.45) is 11.7 Å². The highest BCUT2D eigenvalue weighted by Gasteiger charge is 2.17. The van der Waals surface area contributed by atoms with Crippen LogP contribution in [0.15, 0.2) is 14.4 Å². The molecule has 0 aliphatic heterocycles. The first kappa shape index (κ1) is 19.4. The fraction of sp³-hybridized carbons (Fsp3) is 0.812. The van der Waals surface area contributed by atoms with Crippen molar-refractivity contribution >= 4 is 0 Å². The van der Waals surface area contributed by atoms with E-state index in [0.29, 0.717) is 19.5 Å². The Bertz CT molecular complexity index is 621. The van der Waals surface area contributed by atoms with Gasteiger partial charge in [0.1, 0.15) is 0 Å². The standard InChI is InChI=1S/C16H30N4O3/c1-5-8-9-18-14(21)19(10-12(4)6-2)16(23)20(15(18)22)11-13(17)7-3/h12-13H,5-11,17H2,1-4H3. The average Bonchev–Trinajstić information content (AvgIpc) is 2.54. The number of rotatable bonds is 9. The Labute approximate surface area is 136 Å². The summed E-state index contributed by atoms with van der Waals surface area (Å²) < 4.78 is 3.48. The van der Waals surface area contributed by atoms with Gasteiger partial charge < -0.3 is 5.73 Å². The Morgan fingerprint density at radius 1 is 0.870 bits per heavy atom. The average molecular weight is 326 g/mol. The van der Waals surface area contributed by atoms with Crippen molar-refractivity contribution in [3.63, 3.8) is 0 Å². The van der Waals surface area contributed by atoms with Crippen LogP contribution < -0.4 is 22.8 Å². The van der Waals surface area contributed by atoms with E-state index in [9.17, 15) is 14.4 Å². The molecular formula is C16H30N4O3. The lowest BCUT2D eigenvalue weighted by Crippen LogP contribution is -2.56. The highest BCUT2D eigenvalue weighted by molar-refractivity contribution is 4.81. The van der Waals surface area contributed by atoms with Crippen LogP contribution in [-0.2, 0) is 19.6 Å². The molecule has 0 saturated carbocycles. The minimum Gasteiger partial charge on any atom is -0.326 e. The molecule has 23 heavy (non-hydrogen) atoms. The Morgan fingerprint density at radius 3 is 1.87 bits per heavy atom. The molecule has 2 N–H and O–H groups in total. The molecule has 0 radical (unpaired) electrons. The molecule has 0 aliphatic carbocycles. The molecule has 0 fully saturated rings. The highest BCUT2D eigenvalue weighted by Crippen LogP contribution is 2.01. The van der Waals surface area contributed by atoms with Crippen molar-refractivity contribution in [2.45, 2.75) is 79.1 Å². The normalized spacial score (nSPS) is 14.0. The SMILES string of the molecule is CCCCn1c(=O)n(CC(C)CC)c(=O)n(CC(N)CC)c1=O. The van der Waals surface area contributed by atoms with E-state index >= 15 is 0 Å². The van der Waals surface area contributed by atoms with Crippen LogP contribution in [-0.4, -0.2) is 19.7 Å². The third-order valence-corrected chi connectivity index (χ3v) is 4.25. The molecule has 1 heterocycles. The van der Waals surface area contributed by atoms with E-state index in [0.717, 1.165) is 23.8 Å². The number of hydrogen-bond acceptors (Lipinski definition) is 4. The van der Waals surface area contributed by atoms with Crippen LogP contribution in [0.4, 0.5) is 0 Å². The molecule has 1 rings (SSSR count). The minimum absolute atomic E-state index is 0.140. The summed E-state index contributed by atoms with van der Waals surface area (Å²) in [5.41, 5.74) is 4.32. The number of hydrogen-bond donors (Lipinski definition) is 1. The van der Waals surface area contributed by atoms with Crippen molar-refractivity contribution in [1.29, 1.82) is 0 Å². The van der Waals surface area contributed by atoms with E-state index in [1.807, 2.05) is 27.7 Å². The molecule has 0 spiro atoms. The summed E-state index contributed by atoms with van der Waals surface area (Å²) in [5.74, 6) is 0.186. The van der Waals surface area contributed by atoms with E-state index in [-0.39, 0.29) is 18.5 Å². The molecule has 2 atom stereocenters. The largest absolute Gasteiger partial charge is 0.336 e. The second kappa shape index (κ2) is 8.86. The van der Waals surface area contributed by atoms with Crippen molar-refractivity contribution in [3.05, 3.63) is 31.5 Å². The maximum Gasteiger partial charge on any atom is 0.336 e. The van der Waals surface area contributed by atoms with E-state index in [4.69, 9.17) is 5.73 Å². The van der Waals surface area contributed by atoms with Gasteiger partial charge in [-0.05, 0) is 18.8 Å². The van der Waals surface area contributed by atoms with Crippen molar-refractivity contribution < 1.29 is 0 Å². The Kier molecular flexibility index (Phi) is 7.48. The van der Waals surface area contributed by atoms with Crippen LogP contribution in [0.3, 0.4) is 0 Å². The summed E-state index contributed by atoms with van der Waals surface area (Å²) >= 11 is 0. The first-order valence-corrected chi connectivity index (χ1v) is 8.57. The lowest BCUT2D eigenvalue weighted by molar-refractivity contribution is 0.374. The van der Waals surface area contributed by atoms with Gasteiger partial charge in [-0.15, -0.1) is 0 Å². The molecule has 0 aromatic carbocycles. The van der Waals surface area contributed by atoms with Crippen LogP contribution >= 0.6 is 0 Å². The van der Waals surface area contributed by atoms with Gasteiger partial charge in [-0.1, -0.05) is 40.5 Å². The lowest BCUT2D eigenvalue weighted by atomic mass is 10.1. The minimum atomic E-state index is -0.544. The molecule has 1 aromatic heterocycles. The quantitative estimate of drug-likeness (QED) is 0.725. The molecule has 0 amide bonds. The smallest absolute Gasteiger partial charge is 0.326 e. The maximum atomic E-state index is 12.6. The van der Waals surface area contributed by atoms with Gasteiger partial charge in [0.15, 0.2) is 0 Å². The number of aromatic nitrogens is 3. The number of nitrogens with zero attached hydrogens (tertiary/aromatic N) is 3. The van der Waals surface area contributed by atoms with Crippen molar-refractivity contribution in [1.82, 2.24) is 13.7 Å². The molecule has 7 nitrogen and oxygen atoms in total. The summed E-state index contributed by atoms with van der Waals surface area (Å²) in [6.07, 6.45) is 3.10. The predicted octanol–water partition coefficient (Wildman–Crippen LogP) is 0.755. The van der Waals surface area contributed by atoms with E-state index in [1.165, 1.54) is 9.13 Å². The number of nitrogens with two attached hydrogens (primary N) is 1. The lowest BCUT2D eigenvalue weighted by Gasteiger charge is -2.17. The van der Waals surface area contributed by atoms with Crippen LogP contribution in [0.5, 0.6) is 0 Å². The summed E-state index contributed by atoms with van der Waals surface area (Å²) in [6, 6.07) is -0.283. The zero-order valence-corrected chi connectivity index (χ0v) is 14.7. The summed E-state index contributed by atoms with van der Waals surface area (Å²) in [5, 5.41) is 0. The second-order valence-corrected chi connectivity index (χ2v) is 6.26. The fourth-order valence-electron chi connectivity index (χ4n) is 2.31. The summed E-state index contributed by atoms with van der Waals surface area (Å²) in [6.45, 7) is 8.68. The van der Waals surface area contributed by atoms with Gasteiger partial charge in [-0.2, -0.15) is 0 Å². The van der Waals surface area contributed by atoms with E-state index in [1.54, 1.807) is 0 Å². The van der Waals surface area contributed by atoms with Gasteiger partial charge >= 0.3 is 17.1 Å². The first-order valence-electron chi connectivity index (χ1n) is 8.57. The third-order valence-electron chi connectivity index (χ3n) is 4.25. The Balaban J connectivity index is 3.50. The van der Waals surface area contributed by atoms with E-state index in [2.05, 4.69) is 0 Å². The monoisotopic (exact) mass is 326 g/mol. The van der Waals surface area contributed by atoms with Crippen LogP contribution in [0, 0.1) is 5.92 Å². The van der Waals surface area contributed by atoms with Crippen LogP contribution in [0.2, 0.25) is 0 Å². The zero-order valence-electron chi connectivity index (χ0n) is 14.7. The molecule has 0 aliphatic rings. The van der Waals surface area contributed by atoms with Crippen molar-refractivity contribution in [2.75, 3.05) is 0 Å². The maximum absolute atomic E-state index is 12.6. The fourth-order valence-corrected chi connectivity index (χ4v) is 2.31. The van der Waals surface area contributed by atoms with Gasteiger partial charge in [0.25, 0.3) is 0 Å². The second-order valence-electron chi connectivity index (χ2n) is 6.26. The van der Waals surface area contributed by atoms with Crippen LogP contribution in [0.1, 0.15) is 53.4 Å². The highest BCUT2D eigenvalue weighted by atomic mass is 16.2. The van der Waals surface area contributed by atoms with Gasteiger partial charge in [0.05, 0.1) is 0 Å². The molecule has 132 valence electrons. The molecular weight excluding hydrogens is 296 g/mol. The Hall–Kier alpha value is -1.63. The van der Waals surface area contributed by atoms with Crippen molar-refractivity contribution in [3.8, 4) is 0 Å². The van der Waals surface area contributed by atoms with Gasteiger partial charge in [-0.25, -0.2) is 28.1 Å². The first-order chi connectivity index (χ1) is 10.9. The van der Waals surface area contributed by atoms with Gasteiger partial charge in [0, 0.05) is 25.7 Å². The predicted molar refractivity (Wildman–Crippen MR) is 91.9 cm³/mol. The molecule has 0 saturated heterocycles. The Morgan fingerprint density at radius 2 is 1.39 bits per heavy atom. The third kappa shape index (κ3) is 4.67.